The van der Waals surface area contributed by atoms with Crippen LogP contribution in [-0.4, -0.2) is 10.9 Å². The van der Waals surface area contributed by atoms with Crippen molar-refractivity contribution in [2.45, 2.75) is 13.3 Å². The van der Waals surface area contributed by atoms with Crippen LogP contribution in [-0.2, 0) is 11.2 Å². The van der Waals surface area contributed by atoms with Crippen LogP contribution in [0, 0.1) is 12.7 Å². The van der Waals surface area contributed by atoms with E-state index >= 15 is 0 Å². The molecule has 0 atom stereocenters. The lowest BCUT2D eigenvalue weighted by molar-refractivity contribution is -0.115. The molecule has 0 aliphatic carbocycles. The number of amides is 1. The molecule has 3 aromatic rings. The minimum Gasteiger partial charge on any atom is -0.441 e. The highest BCUT2D eigenvalue weighted by Crippen LogP contribution is 2.24. The van der Waals surface area contributed by atoms with Gasteiger partial charge in [0, 0.05) is 15.7 Å². The van der Waals surface area contributed by atoms with E-state index in [4.69, 9.17) is 4.42 Å². The summed E-state index contributed by atoms with van der Waals surface area (Å²) in [6, 6.07) is 13.3. The number of carbonyl (C=O) groups excluding carboxylic acids is 1. The summed E-state index contributed by atoms with van der Waals surface area (Å²) in [6.45, 7) is 1.76. The number of oxazole rings is 1. The van der Waals surface area contributed by atoms with Crippen LogP contribution in [0.4, 0.5) is 10.1 Å². The Morgan fingerprint density at radius 1 is 1.25 bits per heavy atom. The Bertz CT molecular complexity index is 892. The van der Waals surface area contributed by atoms with E-state index in [9.17, 15) is 9.18 Å². The first-order chi connectivity index (χ1) is 11.5. The Hall–Kier alpha value is -2.47. The summed E-state index contributed by atoms with van der Waals surface area (Å²) in [5.41, 5.74) is 1.79. The first-order valence-electron chi connectivity index (χ1n) is 7.29. The van der Waals surface area contributed by atoms with Crippen LogP contribution >= 0.6 is 15.9 Å². The molecule has 1 N–H and O–H groups in total. The molecule has 0 aliphatic rings. The highest BCUT2D eigenvalue weighted by molar-refractivity contribution is 9.10. The molecule has 3 rings (SSSR count). The van der Waals surface area contributed by atoms with Crippen molar-refractivity contribution in [3.63, 3.8) is 0 Å². The molecule has 122 valence electrons. The molecule has 0 saturated heterocycles. The second-order valence-electron chi connectivity index (χ2n) is 5.27. The zero-order valence-corrected chi connectivity index (χ0v) is 14.4. The summed E-state index contributed by atoms with van der Waals surface area (Å²) in [7, 11) is 0. The molecular formula is C18H14BrFN2O2. The van der Waals surface area contributed by atoms with Gasteiger partial charge in [-0.25, -0.2) is 9.37 Å². The van der Waals surface area contributed by atoms with Gasteiger partial charge in [-0.05, 0) is 43.3 Å². The number of anilines is 1. The second kappa shape index (κ2) is 6.97. The SMILES string of the molecule is Cc1oc(-c2cccc(Br)c2)nc1CC(=O)Nc1cccc(F)c1. The van der Waals surface area contributed by atoms with Crippen LogP contribution in [0.5, 0.6) is 0 Å². The maximum Gasteiger partial charge on any atom is 0.230 e. The molecule has 4 nitrogen and oxygen atoms in total. The molecule has 0 spiro atoms. The number of nitrogens with zero attached hydrogens (tertiary/aromatic N) is 1. The minimum atomic E-state index is -0.401. The number of hydrogen-bond donors (Lipinski definition) is 1. The largest absolute Gasteiger partial charge is 0.441 e. The predicted octanol–water partition coefficient (Wildman–Crippen LogP) is 4.73. The van der Waals surface area contributed by atoms with Crippen molar-refractivity contribution >= 4 is 27.5 Å². The molecule has 2 aromatic carbocycles. The number of nitrogens with one attached hydrogen (secondary N) is 1. The number of halogens is 2. The van der Waals surface area contributed by atoms with Gasteiger partial charge in [-0.1, -0.05) is 28.1 Å². The van der Waals surface area contributed by atoms with Gasteiger partial charge in [0.2, 0.25) is 11.8 Å². The van der Waals surface area contributed by atoms with Crippen LogP contribution in [0.1, 0.15) is 11.5 Å². The molecule has 24 heavy (non-hydrogen) atoms. The van der Waals surface area contributed by atoms with E-state index in [0.717, 1.165) is 10.0 Å². The minimum absolute atomic E-state index is 0.0554. The first-order valence-corrected chi connectivity index (χ1v) is 8.08. The van der Waals surface area contributed by atoms with E-state index in [2.05, 4.69) is 26.2 Å². The zero-order chi connectivity index (χ0) is 17.1. The third kappa shape index (κ3) is 3.89. The van der Waals surface area contributed by atoms with Crippen molar-refractivity contribution in [1.29, 1.82) is 0 Å². The first kappa shape index (κ1) is 16.4. The molecule has 0 aliphatic heterocycles. The van der Waals surface area contributed by atoms with Crippen LogP contribution in [0.2, 0.25) is 0 Å². The van der Waals surface area contributed by atoms with E-state index in [0.29, 0.717) is 23.0 Å². The lowest BCUT2D eigenvalue weighted by atomic mass is 10.2. The summed E-state index contributed by atoms with van der Waals surface area (Å²) < 4.78 is 19.7. The standard InChI is InChI=1S/C18H14BrFN2O2/c1-11-16(10-17(23)21-15-7-3-6-14(20)9-15)22-18(24-11)12-4-2-5-13(19)8-12/h2-9H,10H2,1H3,(H,21,23). The Balaban J connectivity index is 1.75. The van der Waals surface area contributed by atoms with Gasteiger partial charge < -0.3 is 9.73 Å². The fraction of sp³-hybridized carbons (Fsp3) is 0.111. The Kier molecular flexibility index (Phi) is 4.76. The molecule has 0 fully saturated rings. The fourth-order valence-corrected chi connectivity index (χ4v) is 2.66. The van der Waals surface area contributed by atoms with Gasteiger partial charge in [0.1, 0.15) is 11.6 Å². The van der Waals surface area contributed by atoms with Gasteiger partial charge in [-0.15, -0.1) is 0 Å². The van der Waals surface area contributed by atoms with Crippen molar-refractivity contribution in [2.24, 2.45) is 0 Å². The van der Waals surface area contributed by atoms with Crippen LogP contribution in [0.25, 0.3) is 11.5 Å². The third-order valence-electron chi connectivity index (χ3n) is 3.40. The summed E-state index contributed by atoms with van der Waals surface area (Å²) in [4.78, 5) is 16.5. The van der Waals surface area contributed by atoms with E-state index < -0.39 is 5.82 Å². The number of aryl methyl sites for hydroxylation is 1. The van der Waals surface area contributed by atoms with E-state index in [1.54, 1.807) is 13.0 Å². The van der Waals surface area contributed by atoms with Gasteiger partial charge in [0.25, 0.3) is 0 Å². The van der Waals surface area contributed by atoms with Gasteiger partial charge in [0.15, 0.2) is 0 Å². The molecule has 0 unspecified atom stereocenters. The zero-order valence-electron chi connectivity index (χ0n) is 12.8. The lowest BCUT2D eigenvalue weighted by Crippen LogP contribution is -2.15. The van der Waals surface area contributed by atoms with Crippen molar-refractivity contribution in [3.05, 3.63) is 70.3 Å². The Morgan fingerprint density at radius 3 is 2.79 bits per heavy atom. The highest BCUT2D eigenvalue weighted by atomic mass is 79.9. The molecule has 0 radical (unpaired) electrons. The van der Waals surface area contributed by atoms with Gasteiger partial charge in [-0.3, -0.25) is 4.79 Å². The summed E-state index contributed by atoms with van der Waals surface area (Å²) in [6.07, 6.45) is 0.0554. The van der Waals surface area contributed by atoms with Crippen molar-refractivity contribution in [1.82, 2.24) is 4.98 Å². The molecule has 0 bridgehead atoms. The van der Waals surface area contributed by atoms with E-state index in [-0.39, 0.29) is 12.3 Å². The topological polar surface area (TPSA) is 55.1 Å². The van der Waals surface area contributed by atoms with Crippen LogP contribution in [0.3, 0.4) is 0 Å². The highest BCUT2D eigenvalue weighted by Gasteiger charge is 2.15. The fourth-order valence-electron chi connectivity index (χ4n) is 2.26. The van der Waals surface area contributed by atoms with Crippen molar-refractivity contribution in [2.75, 3.05) is 5.32 Å². The molecule has 1 heterocycles. The normalized spacial score (nSPS) is 10.6. The quantitative estimate of drug-likeness (QED) is 0.702. The number of benzene rings is 2. The summed E-state index contributed by atoms with van der Waals surface area (Å²) in [5, 5.41) is 2.65. The maximum absolute atomic E-state index is 13.1. The van der Waals surface area contributed by atoms with E-state index in [1.807, 2.05) is 24.3 Å². The van der Waals surface area contributed by atoms with Crippen molar-refractivity contribution in [3.8, 4) is 11.5 Å². The maximum atomic E-state index is 13.1. The Morgan fingerprint density at radius 2 is 2.04 bits per heavy atom. The number of aromatic nitrogens is 1. The summed E-state index contributed by atoms with van der Waals surface area (Å²) in [5.74, 6) is 0.363. The molecule has 6 heteroatoms. The van der Waals surface area contributed by atoms with E-state index in [1.165, 1.54) is 18.2 Å². The number of rotatable bonds is 4. The molecular weight excluding hydrogens is 375 g/mol. The van der Waals surface area contributed by atoms with Crippen LogP contribution in [0.15, 0.2) is 57.4 Å². The van der Waals surface area contributed by atoms with Crippen LogP contribution < -0.4 is 5.32 Å². The summed E-state index contributed by atoms with van der Waals surface area (Å²) >= 11 is 3.40. The number of hydrogen-bond acceptors (Lipinski definition) is 3. The second-order valence-corrected chi connectivity index (χ2v) is 6.18. The van der Waals surface area contributed by atoms with Gasteiger partial charge in [0.05, 0.1) is 12.1 Å². The molecule has 1 aromatic heterocycles. The predicted molar refractivity (Wildman–Crippen MR) is 93.1 cm³/mol. The monoisotopic (exact) mass is 388 g/mol. The molecule has 0 saturated carbocycles. The van der Waals surface area contributed by atoms with Gasteiger partial charge >= 0.3 is 0 Å². The Labute approximate surface area is 146 Å². The number of carbonyl (C=O) groups is 1. The third-order valence-corrected chi connectivity index (χ3v) is 3.89. The smallest absolute Gasteiger partial charge is 0.230 e. The average molecular weight is 389 g/mol. The lowest BCUT2D eigenvalue weighted by Gasteiger charge is -2.03. The average Bonchev–Trinajstić information content (AvgIpc) is 2.88. The van der Waals surface area contributed by atoms with Crippen molar-refractivity contribution < 1.29 is 13.6 Å². The van der Waals surface area contributed by atoms with Gasteiger partial charge in [-0.2, -0.15) is 0 Å². The molecule has 1 amide bonds.